The Morgan fingerprint density at radius 2 is 2.15 bits per heavy atom. The molecule has 3 N–H and O–H groups in total. The maximum Gasteiger partial charge on any atom is 0.144 e. The average Bonchev–Trinajstić information content (AvgIpc) is 3.47. The van der Waals surface area contributed by atoms with Crippen LogP contribution < -0.4 is 10.1 Å². The molecule has 33 heavy (non-hydrogen) atoms. The zero-order chi connectivity index (χ0) is 22.4. The lowest BCUT2D eigenvalue weighted by Gasteiger charge is -2.37. The van der Waals surface area contributed by atoms with Crippen molar-refractivity contribution in [1.82, 2.24) is 25.1 Å². The summed E-state index contributed by atoms with van der Waals surface area (Å²) in [6.07, 6.45) is 5.85. The lowest BCUT2D eigenvalue weighted by atomic mass is 9.86. The summed E-state index contributed by atoms with van der Waals surface area (Å²) in [5.74, 6) is 4.01. The summed E-state index contributed by atoms with van der Waals surface area (Å²) in [5.41, 5.74) is 3.09. The van der Waals surface area contributed by atoms with Gasteiger partial charge >= 0.3 is 0 Å². The summed E-state index contributed by atoms with van der Waals surface area (Å²) in [7, 11) is 1.66. The van der Waals surface area contributed by atoms with Gasteiger partial charge in [-0.1, -0.05) is 0 Å². The molecule has 0 saturated carbocycles. The molecule has 4 aromatic rings. The number of hydrogen-bond donors (Lipinski definition) is 3. The highest BCUT2D eigenvalue weighted by molar-refractivity contribution is 7.99. The number of anilines is 2. The Morgan fingerprint density at radius 1 is 1.27 bits per heavy atom. The van der Waals surface area contributed by atoms with Gasteiger partial charge in [-0.2, -0.15) is 16.9 Å². The third-order valence-corrected chi connectivity index (χ3v) is 8.84. The minimum atomic E-state index is -0.362. The van der Waals surface area contributed by atoms with Crippen LogP contribution in [0.5, 0.6) is 5.75 Å². The van der Waals surface area contributed by atoms with Crippen LogP contribution in [0.2, 0.25) is 0 Å². The number of aliphatic hydroxyl groups excluding tert-OH is 1. The van der Waals surface area contributed by atoms with Crippen LogP contribution in [0, 0.1) is 5.92 Å². The zero-order valence-corrected chi connectivity index (χ0v) is 20.0. The van der Waals surface area contributed by atoms with Crippen LogP contribution in [0.1, 0.15) is 16.9 Å². The number of hydrogen-bond acceptors (Lipinski definition) is 9. The lowest BCUT2D eigenvalue weighted by molar-refractivity contribution is -0.0383. The number of H-pyrrole nitrogens is 1. The SMILES string of the molecule is COc1cc2[nH]ncc2cc1Nc1ncnc2sc3c(c12)CC[C@H](C(O)N1CCSCC1)C3. The molecule has 2 aliphatic rings. The summed E-state index contributed by atoms with van der Waals surface area (Å²) in [6.45, 7) is 1.95. The Labute approximate surface area is 199 Å². The van der Waals surface area contributed by atoms with Crippen molar-refractivity contribution in [2.24, 2.45) is 5.92 Å². The molecule has 0 radical (unpaired) electrons. The van der Waals surface area contributed by atoms with Gasteiger partial charge in [0.25, 0.3) is 0 Å². The van der Waals surface area contributed by atoms with E-state index in [1.807, 2.05) is 23.9 Å². The molecular weight excluding hydrogens is 456 g/mol. The van der Waals surface area contributed by atoms with Crippen LogP contribution in [-0.2, 0) is 12.8 Å². The van der Waals surface area contributed by atoms with Crippen molar-refractivity contribution in [2.45, 2.75) is 25.5 Å². The van der Waals surface area contributed by atoms with E-state index in [2.05, 4.69) is 30.4 Å². The Balaban J connectivity index is 1.32. The van der Waals surface area contributed by atoms with Gasteiger partial charge in [0.1, 0.15) is 29.0 Å². The predicted octanol–water partition coefficient (Wildman–Crippen LogP) is 3.79. The highest BCUT2D eigenvalue weighted by atomic mass is 32.2. The van der Waals surface area contributed by atoms with E-state index in [9.17, 15) is 5.11 Å². The van der Waals surface area contributed by atoms with Crippen molar-refractivity contribution in [2.75, 3.05) is 37.0 Å². The maximum absolute atomic E-state index is 11.0. The molecule has 1 aliphatic carbocycles. The van der Waals surface area contributed by atoms with Gasteiger partial charge in [0.2, 0.25) is 0 Å². The summed E-state index contributed by atoms with van der Waals surface area (Å²) in [5, 5.41) is 23.7. The van der Waals surface area contributed by atoms with E-state index in [1.165, 1.54) is 10.4 Å². The standard InChI is InChI=1S/C23H26N6O2S2/c1-31-18-10-16-14(11-26-28-16)8-17(18)27-21-20-15-3-2-13(23(30)29-4-6-32-7-5-29)9-19(15)33-22(20)25-12-24-21/h8,10-13,23,30H,2-7,9H2,1H3,(H,26,28)(H,24,25,27)/t13-,23?/m0/s1. The Hall–Kier alpha value is -2.40. The lowest BCUT2D eigenvalue weighted by Crippen LogP contribution is -2.46. The van der Waals surface area contributed by atoms with Crippen molar-refractivity contribution >= 4 is 55.7 Å². The highest BCUT2D eigenvalue weighted by Gasteiger charge is 2.32. The van der Waals surface area contributed by atoms with Crippen LogP contribution >= 0.6 is 23.1 Å². The summed E-state index contributed by atoms with van der Waals surface area (Å²) < 4.78 is 5.61. The number of aromatic amines is 1. The van der Waals surface area contributed by atoms with Crippen LogP contribution in [0.3, 0.4) is 0 Å². The molecule has 10 heteroatoms. The number of thiophene rings is 1. The molecule has 6 rings (SSSR count). The quantitative estimate of drug-likeness (QED) is 0.395. The van der Waals surface area contributed by atoms with Gasteiger partial charge in [0.15, 0.2) is 0 Å². The number of ether oxygens (including phenoxy) is 1. The summed E-state index contributed by atoms with van der Waals surface area (Å²) in [4.78, 5) is 13.7. The van der Waals surface area contributed by atoms with E-state index < -0.39 is 0 Å². The zero-order valence-electron chi connectivity index (χ0n) is 18.4. The first-order valence-corrected chi connectivity index (χ1v) is 13.2. The van der Waals surface area contributed by atoms with E-state index in [-0.39, 0.29) is 12.1 Å². The smallest absolute Gasteiger partial charge is 0.144 e. The second-order valence-corrected chi connectivity index (χ2v) is 10.9. The van der Waals surface area contributed by atoms with Gasteiger partial charge in [0.05, 0.1) is 29.9 Å². The fourth-order valence-corrected chi connectivity index (χ4v) is 7.20. The largest absolute Gasteiger partial charge is 0.494 e. The molecule has 3 aromatic heterocycles. The summed E-state index contributed by atoms with van der Waals surface area (Å²) >= 11 is 3.71. The number of methoxy groups -OCH3 is 1. The number of nitrogens with one attached hydrogen (secondary N) is 2. The van der Waals surface area contributed by atoms with Crippen molar-refractivity contribution < 1.29 is 9.84 Å². The third kappa shape index (κ3) is 3.84. The van der Waals surface area contributed by atoms with Crippen LogP contribution in [0.25, 0.3) is 21.1 Å². The first kappa shape index (κ1) is 21.2. The molecule has 0 bridgehead atoms. The molecule has 8 nitrogen and oxygen atoms in total. The van der Waals surface area contributed by atoms with Crippen LogP contribution in [-0.4, -0.2) is 68.1 Å². The van der Waals surface area contributed by atoms with E-state index in [4.69, 9.17) is 4.74 Å². The number of thioether (sulfide) groups is 1. The average molecular weight is 483 g/mol. The molecule has 1 unspecified atom stereocenters. The van der Waals surface area contributed by atoms with Crippen molar-refractivity contribution in [3.8, 4) is 5.75 Å². The summed E-state index contributed by atoms with van der Waals surface area (Å²) in [6, 6.07) is 3.96. The number of aryl methyl sites for hydroxylation is 1. The van der Waals surface area contributed by atoms with Gasteiger partial charge in [-0.15, -0.1) is 11.3 Å². The molecule has 2 atom stereocenters. The van der Waals surface area contributed by atoms with E-state index in [0.29, 0.717) is 0 Å². The van der Waals surface area contributed by atoms with E-state index >= 15 is 0 Å². The minimum Gasteiger partial charge on any atom is -0.494 e. The molecular formula is C23H26N6O2S2. The molecule has 1 aliphatic heterocycles. The van der Waals surface area contributed by atoms with Gasteiger partial charge in [-0.05, 0) is 30.9 Å². The molecule has 1 fully saturated rings. The van der Waals surface area contributed by atoms with Crippen molar-refractivity contribution in [3.05, 3.63) is 35.1 Å². The maximum atomic E-state index is 11.0. The minimum absolute atomic E-state index is 0.265. The number of fused-ring (bicyclic) bond motifs is 4. The van der Waals surface area contributed by atoms with Crippen LogP contribution in [0.4, 0.5) is 11.5 Å². The van der Waals surface area contributed by atoms with Gasteiger partial charge in [0, 0.05) is 46.8 Å². The number of aliphatic hydroxyl groups is 1. The number of nitrogens with zero attached hydrogens (tertiary/aromatic N) is 4. The number of benzene rings is 1. The molecule has 1 saturated heterocycles. The second kappa shape index (κ2) is 8.75. The van der Waals surface area contributed by atoms with Crippen molar-refractivity contribution in [3.63, 3.8) is 0 Å². The fraction of sp³-hybridized carbons (Fsp3) is 0.435. The Morgan fingerprint density at radius 3 is 3.00 bits per heavy atom. The molecule has 0 amide bonds. The topological polar surface area (TPSA) is 99.2 Å². The van der Waals surface area contributed by atoms with Crippen molar-refractivity contribution in [1.29, 1.82) is 0 Å². The Bertz CT molecular complexity index is 1300. The number of aromatic nitrogens is 4. The van der Waals surface area contributed by atoms with Crippen LogP contribution in [0.15, 0.2) is 24.7 Å². The number of rotatable bonds is 5. The monoisotopic (exact) mass is 482 g/mol. The molecule has 0 spiro atoms. The first-order valence-electron chi connectivity index (χ1n) is 11.2. The van der Waals surface area contributed by atoms with Gasteiger partial charge in [-0.3, -0.25) is 10.00 Å². The normalized spacial score (nSPS) is 20.1. The first-order chi connectivity index (χ1) is 16.2. The van der Waals surface area contributed by atoms with E-state index in [0.717, 1.165) is 82.2 Å². The molecule has 4 heterocycles. The highest BCUT2D eigenvalue weighted by Crippen LogP contribution is 2.42. The van der Waals surface area contributed by atoms with E-state index in [1.54, 1.807) is 31.0 Å². The second-order valence-electron chi connectivity index (χ2n) is 8.61. The third-order valence-electron chi connectivity index (χ3n) is 6.74. The Kier molecular flexibility index (Phi) is 5.61. The fourth-order valence-electron chi connectivity index (χ4n) is 4.99. The van der Waals surface area contributed by atoms with Gasteiger partial charge in [-0.25, -0.2) is 9.97 Å². The molecule has 1 aromatic carbocycles. The van der Waals surface area contributed by atoms with Gasteiger partial charge < -0.3 is 15.2 Å². The molecule has 172 valence electrons. The predicted molar refractivity (Wildman–Crippen MR) is 134 cm³/mol.